The lowest BCUT2D eigenvalue weighted by Gasteiger charge is -2.26. The largest absolute Gasteiger partial charge is 0.493 e. The number of esters is 1. The number of thiazole rings is 1. The van der Waals surface area contributed by atoms with Gasteiger partial charge in [-0.05, 0) is 45.0 Å². The Bertz CT molecular complexity index is 1520. The van der Waals surface area contributed by atoms with Crippen LogP contribution in [0.1, 0.15) is 37.9 Å². The topological polar surface area (TPSA) is 79.1 Å². The molecule has 4 rings (SSSR count). The van der Waals surface area contributed by atoms with Gasteiger partial charge in [-0.3, -0.25) is 9.36 Å². The van der Waals surface area contributed by atoms with E-state index in [1.807, 2.05) is 6.92 Å². The molecule has 7 nitrogen and oxygen atoms in total. The van der Waals surface area contributed by atoms with E-state index in [9.17, 15) is 14.0 Å². The van der Waals surface area contributed by atoms with Gasteiger partial charge >= 0.3 is 5.97 Å². The summed E-state index contributed by atoms with van der Waals surface area (Å²) in [5, 5.41) is 0.173. The molecule has 0 radical (unpaired) electrons. The third-order valence-corrected chi connectivity index (χ3v) is 6.92. The molecule has 0 aliphatic carbocycles. The quantitative estimate of drug-likeness (QED) is 0.431. The van der Waals surface area contributed by atoms with Crippen LogP contribution in [0, 0.1) is 5.82 Å². The number of benzene rings is 2. The zero-order valence-electron chi connectivity index (χ0n) is 20.1. The second-order valence-electron chi connectivity index (χ2n) is 7.75. The Morgan fingerprint density at radius 2 is 1.97 bits per heavy atom. The lowest BCUT2D eigenvalue weighted by atomic mass is 9.94. The Kier molecular flexibility index (Phi) is 7.61. The fourth-order valence-corrected chi connectivity index (χ4v) is 5.32. The molecule has 1 aromatic heterocycles. The monoisotopic (exact) mass is 530 g/mol. The first-order valence-electron chi connectivity index (χ1n) is 11.3. The minimum absolute atomic E-state index is 0.0960. The molecule has 2 aromatic carbocycles. The molecule has 0 bridgehead atoms. The molecule has 0 amide bonds. The van der Waals surface area contributed by atoms with Crippen molar-refractivity contribution in [1.29, 1.82) is 0 Å². The predicted octanol–water partition coefficient (Wildman–Crippen LogP) is 4.00. The second kappa shape index (κ2) is 10.7. The molecule has 10 heteroatoms. The van der Waals surface area contributed by atoms with Crippen LogP contribution in [0.15, 0.2) is 57.5 Å². The van der Waals surface area contributed by atoms with Crippen molar-refractivity contribution in [2.45, 2.75) is 26.8 Å². The van der Waals surface area contributed by atoms with Gasteiger partial charge in [0.2, 0.25) is 0 Å². The molecule has 2 heterocycles. The number of nitrogens with zero attached hydrogens (tertiary/aromatic N) is 2. The molecule has 36 heavy (non-hydrogen) atoms. The number of ether oxygens (including phenoxy) is 3. The number of carbonyl (C=O) groups excluding carboxylic acids is 1. The van der Waals surface area contributed by atoms with Crippen molar-refractivity contribution < 1.29 is 23.4 Å². The van der Waals surface area contributed by atoms with Gasteiger partial charge in [0, 0.05) is 11.1 Å². The van der Waals surface area contributed by atoms with Gasteiger partial charge in [-0.2, -0.15) is 0 Å². The van der Waals surface area contributed by atoms with Gasteiger partial charge in [0.05, 0.1) is 41.1 Å². The van der Waals surface area contributed by atoms with Gasteiger partial charge in [-0.15, -0.1) is 0 Å². The summed E-state index contributed by atoms with van der Waals surface area (Å²) in [5.41, 5.74) is 0.779. The van der Waals surface area contributed by atoms with E-state index in [1.54, 1.807) is 38.1 Å². The van der Waals surface area contributed by atoms with Crippen LogP contribution in [-0.2, 0) is 9.53 Å². The third kappa shape index (κ3) is 4.56. The lowest BCUT2D eigenvalue weighted by Crippen LogP contribution is -2.40. The van der Waals surface area contributed by atoms with Crippen LogP contribution in [0.2, 0.25) is 5.02 Å². The number of hydrogen-bond donors (Lipinski definition) is 0. The highest BCUT2D eigenvalue weighted by atomic mass is 35.5. The maximum Gasteiger partial charge on any atom is 0.338 e. The molecule has 1 aliphatic heterocycles. The highest BCUT2D eigenvalue weighted by Gasteiger charge is 2.36. The van der Waals surface area contributed by atoms with Gasteiger partial charge in [0.15, 0.2) is 16.3 Å². The highest BCUT2D eigenvalue weighted by Crippen LogP contribution is 2.40. The van der Waals surface area contributed by atoms with Crippen molar-refractivity contribution in [3.05, 3.63) is 89.3 Å². The number of allylic oxidation sites excluding steroid dienone is 1. The molecule has 0 saturated heterocycles. The molecule has 0 saturated carbocycles. The van der Waals surface area contributed by atoms with E-state index in [0.29, 0.717) is 34.2 Å². The van der Waals surface area contributed by atoms with E-state index in [0.717, 1.165) is 11.3 Å². The van der Waals surface area contributed by atoms with E-state index in [-0.39, 0.29) is 27.3 Å². The molecule has 0 fully saturated rings. The van der Waals surface area contributed by atoms with Gasteiger partial charge in [0.1, 0.15) is 11.9 Å². The van der Waals surface area contributed by atoms with E-state index < -0.39 is 23.4 Å². The minimum atomic E-state index is -0.907. The summed E-state index contributed by atoms with van der Waals surface area (Å²) in [6.07, 6.45) is 1.40. The van der Waals surface area contributed by atoms with Gasteiger partial charge in [-0.25, -0.2) is 14.2 Å². The normalized spacial score (nSPS) is 15.4. The summed E-state index contributed by atoms with van der Waals surface area (Å²) >= 11 is 7.27. The Balaban J connectivity index is 2.05. The standard InChI is InChI=1S/C26H24ClFN2O5S/c1-5-34-23-15(9-7-12-19(23)33-4)22-21(25(32)35-6-2)14(3)29-26-30(22)24(31)20(36-26)13-16-17(27)10-8-11-18(16)28/h7-13,22H,5-6H2,1-4H3/b20-13+/t22-/m1/s1. The van der Waals surface area contributed by atoms with Crippen LogP contribution < -0.4 is 24.4 Å². The maximum atomic E-state index is 14.5. The van der Waals surface area contributed by atoms with Crippen molar-refractivity contribution in [3.63, 3.8) is 0 Å². The summed E-state index contributed by atoms with van der Waals surface area (Å²) in [4.78, 5) is 31.8. The predicted molar refractivity (Wildman–Crippen MR) is 136 cm³/mol. The molecule has 188 valence electrons. The second-order valence-corrected chi connectivity index (χ2v) is 9.17. The maximum absolute atomic E-state index is 14.5. The smallest absolute Gasteiger partial charge is 0.338 e. The van der Waals surface area contributed by atoms with Crippen LogP contribution in [0.5, 0.6) is 11.5 Å². The van der Waals surface area contributed by atoms with E-state index in [2.05, 4.69) is 4.99 Å². The van der Waals surface area contributed by atoms with Crippen LogP contribution in [-0.4, -0.2) is 30.9 Å². The molecule has 1 aliphatic rings. The number of para-hydroxylation sites is 1. The molecular formula is C26H24ClFN2O5S. The Labute approximate surface area is 215 Å². The molecular weight excluding hydrogens is 507 g/mol. The lowest BCUT2D eigenvalue weighted by molar-refractivity contribution is -0.139. The summed E-state index contributed by atoms with van der Waals surface area (Å²) in [5.74, 6) is -0.302. The number of carbonyl (C=O) groups is 1. The zero-order chi connectivity index (χ0) is 26.0. The fourth-order valence-electron chi connectivity index (χ4n) is 4.07. The van der Waals surface area contributed by atoms with Crippen molar-refractivity contribution >= 4 is 35.0 Å². The molecule has 0 unspecified atom stereocenters. The first-order chi connectivity index (χ1) is 17.3. The molecule has 3 aromatic rings. The van der Waals surface area contributed by atoms with Crippen molar-refractivity contribution in [2.75, 3.05) is 20.3 Å². The van der Waals surface area contributed by atoms with Crippen LogP contribution in [0.25, 0.3) is 6.08 Å². The average Bonchev–Trinajstić information content (AvgIpc) is 3.15. The van der Waals surface area contributed by atoms with Gasteiger partial charge < -0.3 is 14.2 Å². The number of rotatable bonds is 7. The van der Waals surface area contributed by atoms with E-state index >= 15 is 0 Å². The number of fused-ring (bicyclic) bond motifs is 1. The minimum Gasteiger partial charge on any atom is -0.493 e. The summed E-state index contributed by atoms with van der Waals surface area (Å²) < 4.78 is 32.8. The van der Waals surface area contributed by atoms with E-state index in [4.69, 9.17) is 25.8 Å². The Morgan fingerprint density at radius 3 is 2.64 bits per heavy atom. The fraction of sp³-hybridized carbons (Fsp3) is 0.269. The van der Waals surface area contributed by atoms with Gasteiger partial charge in [-0.1, -0.05) is 41.1 Å². The SMILES string of the molecule is CCOC(=O)C1=C(C)N=c2s/c(=C/c3c(F)cccc3Cl)c(=O)n2[C@@H]1c1cccc(OC)c1OCC. The molecule has 1 atom stereocenters. The average molecular weight is 531 g/mol. The van der Waals surface area contributed by atoms with Crippen molar-refractivity contribution in [1.82, 2.24) is 4.57 Å². The summed E-state index contributed by atoms with van der Waals surface area (Å²) in [7, 11) is 1.51. The summed E-state index contributed by atoms with van der Waals surface area (Å²) in [6.45, 7) is 5.69. The van der Waals surface area contributed by atoms with Crippen LogP contribution in [0.4, 0.5) is 4.39 Å². The molecule has 0 N–H and O–H groups in total. The molecule has 0 spiro atoms. The first-order valence-corrected chi connectivity index (χ1v) is 12.4. The van der Waals surface area contributed by atoms with E-state index in [1.165, 1.54) is 29.9 Å². The summed E-state index contributed by atoms with van der Waals surface area (Å²) in [6, 6.07) is 8.65. The van der Waals surface area contributed by atoms with Gasteiger partial charge in [0.25, 0.3) is 5.56 Å². The Morgan fingerprint density at radius 1 is 1.22 bits per heavy atom. The third-order valence-electron chi connectivity index (χ3n) is 5.60. The van der Waals surface area contributed by atoms with Crippen molar-refractivity contribution in [3.8, 4) is 11.5 Å². The number of hydrogen-bond acceptors (Lipinski definition) is 7. The van der Waals surface area contributed by atoms with Crippen molar-refractivity contribution in [2.24, 2.45) is 4.99 Å². The number of halogens is 2. The first kappa shape index (κ1) is 25.7. The van der Waals surface area contributed by atoms with Crippen LogP contribution in [0.3, 0.4) is 0 Å². The Hall–Kier alpha value is -3.43. The van der Waals surface area contributed by atoms with Crippen LogP contribution >= 0.6 is 22.9 Å². The number of aromatic nitrogens is 1. The number of methoxy groups -OCH3 is 1. The highest BCUT2D eigenvalue weighted by molar-refractivity contribution is 7.07. The zero-order valence-corrected chi connectivity index (χ0v) is 21.7.